The molecule has 2 aliphatic heterocycles. The summed E-state index contributed by atoms with van der Waals surface area (Å²) in [5.41, 5.74) is 4.02. The van der Waals surface area contributed by atoms with Crippen LogP contribution in [-0.2, 0) is 12.8 Å². The van der Waals surface area contributed by atoms with Crippen molar-refractivity contribution in [3.05, 3.63) is 35.7 Å². The van der Waals surface area contributed by atoms with Crippen LogP contribution in [0.15, 0.2) is 24.5 Å². The van der Waals surface area contributed by atoms with Gasteiger partial charge in [0, 0.05) is 25.8 Å². The number of nitrogens with one attached hydrogen (secondary N) is 1. The molecule has 1 fully saturated rings. The number of aromatic nitrogens is 3. The number of anilines is 3. The third kappa shape index (κ3) is 3.31. The number of hydrogen-bond donors (Lipinski definition) is 1. The summed E-state index contributed by atoms with van der Waals surface area (Å²) >= 11 is 0. The van der Waals surface area contributed by atoms with Crippen LogP contribution >= 0.6 is 0 Å². The third-order valence-electron chi connectivity index (χ3n) is 5.27. The average molecular weight is 338 g/mol. The minimum atomic E-state index is 0.671. The molecular formula is C19H26N6. The van der Waals surface area contributed by atoms with E-state index in [9.17, 15) is 0 Å². The second-order valence-corrected chi connectivity index (χ2v) is 7.04. The first-order chi connectivity index (χ1) is 12.2. The Labute approximate surface area is 149 Å². The SMILES string of the molecule is CCc1ccc2c(c1)CCN2c1ncnc(N(C)CC2CCNC2)n1. The van der Waals surface area contributed by atoms with Crippen LogP contribution in [0.1, 0.15) is 24.5 Å². The van der Waals surface area contributed by atoms with Gasteiger partial charge in [-0.2, -0.15) is 4.98 Å². The van der Waals surface area contributed by atoms with E-state index < -0.39 is 0 Å². The minimum absolute atomic E-state index is 0.671. The van der Waals surface area contributed by atoms with Crippen LogP contribution in [0.3, 0.4) is 0 Å². The molecule has 0 amide bonds. The largest absolute Gasteiger partial charge is 0.343 e. The highest BCUT2D eigenvalue weighted by Crippen LogP contribution is 2.33. The molecule has 0 saturated carbocycles. The molecular weight excluding hydrogens is 312 g/mol. The van der Waals surface area contributed by atoms with Gasteiger partial charge in [0.25, 0.3) is 0 Å². The summed E-state index contributed by atoms with van der Waals surface area (Å²) < 4.78 is 0. The van der Waals surface area contributed by atoms with Crippen LogP contribution in [0.2, 0.25) is 0 Å². The predicted molar refractivity (Wildman–Crippen MR) is 101 cm³/mol. The fourth-order valence-electron chi connectivity index (χ4n) is 3.82. The Kier molecular flexibility index (Phi) is 4.53. The average Bonchev–Trinajstić information content (AvgIpc) is 3.30. The summed E-state index contributed by atoms with van der Waals surface area (Å²) in [5.74, 6) is 2.19. The molecule has 25 heavy (non-hydrogen) atoms. The van der Waals surface area contributed by atoms with Crippen molar-refractivity contribution in [1.29, 1.82) is 0 Å². The highest BCUT2D eigenvalue weighted by Gasteiger charge is 2.24. The molecule has 0 aliphatic carbocycles. The number of aryl methyl sites for hydroxylation is 1. The standard InChI is InChI=1S/C19H26N6/c1-3-14-4-5-17-16(10-14)7-9-25(17)19-22-13-21-18(23-19)24(2)12-15-6-8-20-11-15/h4-5,10,13,15,20H,3,6-9,11-12H2,1-2H3. The van der Waals surface area contributed by atoms with Gasteiger partial charge in [-0.3, -0.25) is 0 Å². The van der Waals surface area contributed by atoms with E-state index in [-0.39, 0.29) is 0 Å². The van der Waals surface area contributed by atoms with Crippen molar-refractivity contribution in [2.24, 2.45) is 5.92 Å². The lowest BCUT2D eigenvalue weighted by atomic mass is 10.1. The number of rotatable bonds is 5. The lowest BCUT2D eigenvalue weighted by Gasteiger charge is -2.22. The summed E-state index contributed by atoms with van der Waals surface area (Å²) in [6.45, 7) is 6.31. The van der Waals surface area contributed by atoms with Gasteiger partial charge in [-0.1, -0.05) is 19.1 Å². The Morgan fingerprint density at radius 1 is 1.32 bits per heavy atom. The van der Waals surface area contributed by atoms with E-state index in [2.05, 4.69) is 57.3 Å². The first-order valence-corrected chi connectivity index (χ1v) is 9.25. The Balaban J connectivity index is 1.54. The first kappa shape index (κ1) is 16.3. The van der Waals surface area contributed by atoms with Crippen molar-refractivity contribution in [2.45, 2.75) is 26.2 Å². The second-order valence-electron chi connectivity index (χ2n) is 7.04. The zero-order valence-electron chi connectivity index (χ0n) is 15.1. The fraction of sp³-hybridized carbons (Fsp3) is 0.526. The number of hydrogen-bond acceptors (Lipinski definition) is 6. The van der Waals surface area contributed by atoms with E-state index in [1.807, 2.05) is 0 Å². The molecule has 1 aromatic carbocycles. The van der Waals surface area contributed by atoms with E-state index in [1.165, 1.54) is 23.2 Å². The Hall–Kier alpha value is -2.21. The molecule has 0 spiro atoms. The number of nitrogens with zero attached hydrogens (tertiary/aromatic N) is 5. The zero-order chi connectivity index (χ0) is 17.2. The highest BCUT2D eigenvalue weighted by atomic mass is 15.3. The van der Waals surface area contributed by atoms with Crippen molar-refractivity contribution >= 4 is 17.6 Å². The molecule has 132 valence electrons. The summed E-state index contributed by atoms with van der Waals surface area (Å²) in [6.07, 6.45) is 4.98. The monoisotopic (exact) mass is 338 g/mol. The van der Waals surface area contributed by atoms with Gasteiger partial charge in [-0.25, -0.2) is 9.97 Å². The highest BCUT2D eigenvalue weighted by molar-refractivity contribution is 5.66. The molecule has 3 heterocycles. The molecule has 2 aromatic rings. The summed E-state index contributed by atoms with van der Waals surface area (Å²) in [5, 5.41) is 3.42. The van der Waals surface area contributed by atoms with Crippen molar-refractivity contribution in [1.82, 2.24) is 20.3 Å². The summed E-state index contributed by atoms with van der Waals surface area (Å²) in [4.78, 5) is 17.9. The molecule has 1 saturated heterocycles. The molecule has 0 radical (unpaired) electrons. The molecule has 1 N–H and O–H groups in total. The van der Waals surface area contributed by atoms with Gasteiger partial charge in [-0.15, -0.1) is 0 Å². The Morgan fingerprint density at radius 3 is 3.04 bits per heavy atom. The van der Waals surface area contributed by atoms with E-state index in [1.54, 1.807) is 6.33 Å². The Morgan fingerprint density at radius 2 is 2.24 bits per heavy atom. The topological polar surface area (TPSA) is 57.2 Å². The second kappa shape index (κ2) is 6.96. The Bertz CT molecular complexity index is 740. The van der Waals surface area contributed by atoms with Gasteiger partial charge in [0.1, 0.15) is 6.33 Å². The minimum Gasteiger partial charge on any atom is -0.343 e. The van der Waals surface area contributed by atoms with Crippen molar-refractivity contribution in [3.8, 4) is 0 Å². The van der Waals surface area contributed by atoms with E-state index in [4.69, 9.17) is 4.98 Å². The predicted octanol–water partition coefficient (Wildman–Crippen LogP) is 2.17. The maximum atomic E-state index is 4.75. The van der Waals surface area contributed by atoms with Crippen LogP contribution in [-0.4, -0.2) is 48.2 Å². The van der Waals surface area contributed by atoms with Crippen molar-refractivity contribution < 1.29 is 0 Å². The molecule has 1 aromatic heterocycles. The van der Waals surface area contributed by atoms with Crippen LogP contribution in [0, 0.1) is 5.92 Å². The molecule has 0 bridgehead atoms. The van der Waals surface area contributed by atoms with Gasteiger partial charge < -0.3 is 15.1 Å². The normalized spacial score (nSPS) is 19.3. The van der Waals surface area contributed by atoms with Gasteiger partial charge in [0.05, 0.1) is 0 Å². The van der Waals surface area contributed by atoms with Crippen molar-refractivity contribution in [3.63, 3.8) is 0 Å². The van der Waals surface area contributed by atoms with E-state index in [0.29, 0.717) is 5.92 Å². The van der Waals surface area contributed by atoms with Crippen molar-refractivity contribution in [2.75, 3.05) is 43.0 Å². The summed E-state index contributed by atoms with van der Waals surface area (Å²) in [6, 6.07) is 6.73. The molecule has 4 rings (SSSR count). The molecule has 1 unspecified atom stereocenters. The zero-order valence-corrected chi connectivity index (χ0v) is 15.1. The maximum absolute atomic E-state index is 4.75. The lowest BCUT2D eigenvalue weighted by molar-refractivity contribution is 0.572. The van der Waals surface area contributed by atoms with Gasteiger partial charge in [0.15, 0.2) is 0 Å². The van der Waals surface area contributed by atoms with Crippen LogP contribution in [0.4, 0.5) is 17.6 Å². The fourth-order valence-corrected chi connectivity index (χ4v) is 3.82. The number of benzene rings is 1. The van der Waals surface area contributed by atoms with Crippen LogP contribution in [0.5, 0.6) is 0 Å². The van der Waals surface area contributed by atoms with Crippen LogP contribution < -0.4 is 15.1 Å². The third-order valence-corrected chi connectivity index (χ3v) is 5.27. The summed E-state index contributed by atoms with van der Waals surface area (Å²) in [7, 11) is 2.07. The molecule has 6 nitrogen and oxygen atoms in total. The first-order valence-electron chi connectivity index (χ1n) is 9.25. The molecule has 2 aliphatic rings. The smallest absolute Gasteiger partial charge is 0.234 e. The van der Waals surface area contributed by atoms with Gasteiger partial charge >= 0.3 is 0 Å². The van der Waals surface area contributed by atoms with Crippen LogP contribution in [0.25, 0.3) is 0 Å². The van der Waals surface area contributed by atoms with E-state index >= 15 is 0 Å². The maximum Gasteiger partial charge on any atom is 0.234 e. The van der Waals surface area contributed by atoms with E-state index in [0.717, 1.165) is 50.9 Å². The quantitative estimate of drug-likeness (QED) is 0.902. The molecule has 6 heteroatoms. The van der Waals surface area contributed by atoms with Gasteiger partial charge in [0.2, 0.25) is 11.9 Å². The number of fused-ring (bicyclic) bond motifs is 1. The van der Waals surface area contributed by atoms with Gasteiger partial charge in [-0.05, 0) is 55.5 Å². The lowest BCUT2D eigenvalue weighted by Crippen LogP contribution is -2.29. The molecule has 1 atom stereocenters.